The van der Waals surface area contributed by atoms with Gasteiger partial charge in [-0.2, -0.15) is 0 Å². The van der Waals surface area contributed by atoms with Crippen molar-refractivity contribution in [2.24, 2.45) is 0 Å². The van der Waals surface area contributed by atoms with Crippen molar-refractivity contribution in [2.45, 2.75) is 0 Å². The summed E-state index contributed by atoms with van der Waals surface area (Å²) in [6.07, 6.45) is 1.06. The largest absolute Gasteiger partial charge is 0.323 e. The average molecular weight is 177 g/mol. The monoisotopic (exact) mass is 176 g/mol. The second-order valence-electron chi connectivity index (χ2n) is 1.67. The number of rotatable bonds is 1. The van der Waals surface area contributed by atoms with Crippen LogP contribution in [0.4, 0.5) is 5.69 Å². The molecule has 0 amide bonds. The molecular weight excluding hydrogens is 172 g/mol. The highest BCUT2D eigenvalue weighted by Gasteiger charge is 2.01. The Kier molecular flexibility index (Phi) is 3.26. The first-order valence-corrected chi connectivity index (χ1v) is 2.53. The molecule has 0 unspecified atom stereocenters. The molecule has 0 bridgehead atoms. The number of halogens is 1. The molecule has 0 aromatic carbocycles. The normalized spacial score (nSPS) is 8.36. The second kappa shape index (κ2) is 3.72. The van der Waals surface area contributed by atoms with E-state index in [1.54, 1.807) is 0 Å². The fourth-order valence-electron chi connectivity index (χ4n) is 0.516. The summed E-state index contributed by atoms with van der Waals surface area (Å²) in [6.45, 7) is 0. The highest BCUT2D eigenvalue weighted by atomic mass is 35.5. The van der Waals surface area contributed by atoms with Gasteiger partial charge in [-0.1, -0.05) is 0 Å². The second-order valence-corrected chi connectivity index (χ2v) is 1.67. The third kappa shape index (κ3) is 2.38. The minimum absolute atomic E-state index is 0. The first kappa shape index (κ1) is 9.64. The van der Waals surface area contributed by atoms with Gasteiger partial charge in [0.15, 0.2) is 0 Å². The van der Waals surface area contributed by atoms with E-state index in [4.69, 9.17) is 0 Å². The third-order valence-corrected chi connectivity index (χ3v) is 0.979. The first-order valence-electron chi connectivity index (χ1n) is 2.53. The molecule has 0 saturated carbocycles. The summed E-state index contributed by atoms with van der Waals surface area (Å²) in [5.41, 5.74) is -0.454. The Morgan fingerprint density at radius 1 is 1.45 bits per heavy atom. The Morgan fingerprint density at radius 2 is 2.09 bits per heavy atom. The highest BCUT2D eigenvalue weighted by Crippen LogP contribution is 2.02. The van der Waals surface area contributed by atoms with Crippen LogP contribution in [0.3, 0.4) is 0 Å². The predicted molar refractivity (Wildman–Crippen MR) is 41.0 cm³/mol. The van der Waals surface area contributed by atoms with Gasteiger partial charge in [0, 0.05) is 12.1 Å². The number of nitro groups is 1. The molecule has 11 heavy (non-hydrogen) atoms. The van der Waals surface area contributed by atoms with Crippen molar-refractivity contribution < 1.29 is 4.92 Å². The zero-order valence-corrected chi connectivity index (χ0v) is 6.13. The van der Waals surface area contributed by atoms with E-state index in [1.807, 2.05) is 0 Å². The summed E-state index contributed by atoms with van der Waals surface area (Å²) in [5.74, 6) is 0. The van der Waals surface area contributed by atoms with Crippen LogP contribution in [0.25, 0.3) is 0 Å². The van der Waals surface area contributed by atoms with Gasteiger partial charge in [0.05, 0.1) is 11.1 Å². The molecule has 1 heterocycles. The van der Waals surface area contributed by atoms with Crippen LogP contribution in [-0.2, 0) is 0 Å². The van der Waals surface area contributed by atoms with Crippen molar-refractivity contribution >= 4 is 18.1 Å². The smallest absolute Gasteiger partial charge is 0.285 e. The van der Waals surface area contributed by atoms with E-state index in [2.05, 4.69) is 4.98 Å². The van der Waals surface area contributed by atoms with E-state index in [9.17, 15) is 14.9 Å². The summed E-state index contributed by atoms with van der Waals surface area (Å²) in [5, 5.41) is 10.00. The van der Waals surface area contributed by atoms with Gasteiger partial charge >= 0.3 is 0 Å². The van der Waals surface area contributed by atoms with Crippen molar-refractivity contribution in [3.8, 4) is 0 Å². The molecule has 0 aliphatic carbocycles. The van der Waals surface area contributed by atoms with Gasteiger partial charge in [0.25, 0.3) is 5.69 Å². The lowest BCUT2D eigenvalue weighted by Gasteiger charge is -1.85. The van der Waals surface area contributed by atoms with E-state index < -0.39 is 4.92 Å². The highest BCUT2D eigenvalue weighted by molar-refractivity contribution is 5.85. The van der Waals surface area contributed by atoms with Crippen LogP contribution in [0.15, 0.2) is 23.1 Å². The number of nitrogens with one attached hydrogen (secondary N) is 1. The van der Waals surface area contributed by atoms with Crippen LogP contribution >= 0.6 is 12.4 Å². The summed E-state index contributed by atoms with van der Waals surface area (Å²) in [6, 6.07) is 2.26. The lowest BCUT2D eigenvalue weighted by molar-refractivity contribution is -0.385. The molecule has 1 aromatic rings. The van der Waals surface area contributed by atoms with Crippen LogP contribution in [0, 0.1) is 10.1 Å². The van der Waals surface area contributed by atoms with Crippen molar-refractivity contribution in [1.82, 2.24) is 4.98 Å². The number of hydrogen-bond donors (Lipinski definition) is 1. The van der Waals surface area contributed by atoms with Gasteiger partial charge in [-0.3, -0.25) is 14.9 Å². The summed E-state index contributed by atoms with van der Waals surface area (Å²) in [7, 11) is 0. The van der Waals surface area contributed by atoms with Crippen LogP contribution < -0.4 is 5.56 Å². The lowest BCUT2D eigenvalue weighted by atomic mass is 10.4. The SMILES string of the molecule is Cl.O=c1ccc([N+](=O)[O-])c[nH]1. The quantitative estimate of drug-likeness (QED) is 0.506. The van der Waals surface area contributed by atoms with Gasteiger partial charge in [-0.25, -0.2) is 0 Å². The van der Waals surface area contributed by atoms with E-state index in [-0.39, 0.29) is 23.7 Å². The first-order chi connectivity index (χ1) is 4.70. The number of hydrogen-bond acceptors (Lipinski definition) is 3. The molecule has 0 radical (unpaired) electrons. The number of aromatic nitrogens is 1. The fraction of sp³-hybridized carbons (Fsp3) is 0. The number of aromatic amines is 1. The topological polar surface area (TPSA) is 76.0 Å². The minimum Gasteiger partial charge on any atom is -0.323 e. The van der Waals surface area contributed by atoms with Gasteiger partial charge in [-0.15, -0.1) is 12.4 Å². The number of H-pyrrole nitrogens is 1. The van der Waals surface area contributed by atoms with Gasteiger partial charge in [0.1, 0.15) is 0 Å². The molecule has 5 nitrogen and oxygen atoms in total. The van der Waals surface area contributed by atoms with Crippen LogP contribution in [0.1, 0.15) is 0 Å². The Bertz CT molecular complexity index is 288. The maximum absolute atomic E-state index is 10.4. The average Bonchev–Trinajstić information content (AvgIpc) is 1.88. The van der Waals surface area contributed by atoms with E-state index in [0.717, 1.165) is 18.3 Å². The summed E-state index contributed by atoms with van der Waals surface area (Å²) >= 11 is 0. The fourth-order valence-corrected chi connectivity index (χ4v) is 0.516. The number of pyridine rings is 1. The van der Waals surface area contributed by atoms with Crippen molar-refractivity contribution in [1.29, 1.82) is 0 Å². The maximum atomic E-state index is 10.4. The maximum Gasteiger partial charge on any atom is 0.285 e. The summed E-state index contributed by atoms with van der Waals surface area (Å²) < 4.78 is 0. The Balaban J connectivity index is 0.000001000. The van der Waals surface area contributed by atoms with E-state index >= 15 is 0 Å². The standard InChI is InChI=1S/C5H4N2O3.ClH/c8-5-2-1-4(3-6-5)7(9)10;/h1-3H,(H,6,8);1H. The van der Waals surface area contributed by atoms with Crippen LogP contribution in [0.2, 0.25) is 0 Å². The van der Waals surface area contributed by atoms with Gasteiger partial charge < -0.3 is 4.98 Å². The van der Waals surface area contributed by atoms with Crippen LogP contribution in [0.5, 0.6) is 0 Å². The Hall–Kier alpha value is -1.36. The zero-order chi connectivity index (χ0) is 7.56. The molecule has 0 fully saturated rings. The molecule has 0 saturated heterocycles. The van der Waals surface area contributed by atoms with E-state index in [0.29, 0.717) is 0 Å². The zero-order valence-electron chi connectivity index (χ0n) is 5.31. The Labute approximate surface area is 67.6 Å². The third-order valence-electron chi connectivity index (χ3n) is 0.979. The predicted octanol–water partition coefficient (Wildman–Crippen LogP) is 0.705. The molecule has 0 aliphatic heterocycles. The molecule has 60 valence electrons. The van der Waals surface area contributed by atoms with Crippen molar-refractivity contribution in [3.63, 3.8) is 0 Å². The van der Waals surface area contributed by atoms with Crippen LogP contribution in [-0.4, -0.2) is 9.91 Å². The molecule has 1 aromatic heterocycles. The molecular formula is C5H5ClN2O3. The Morgan fingerprint density at radius 3 is 2.45 bits per heavy atom. The number of nitrogens with zero attached hydrogens (tertiary/aromatic N) is 1. The lowest BCUT2D eigenvalue weighted by Crippen LogP contribution is -2.02. The molecule has 1 rings (SSSR count). The minimum atomic E-state index is -0.573. The molecule has 0 aliphatic rings. The molecule has 0 spiro atoms. The molecule has 6 heteroatoms. The van der Waals surface area contributed by atoms with Crippen molar-refractivity contribution in [3.05, 3.63) is 38.8 Å². The van der Waals surface area contributed by atoms with Gasteiger partial charge in [-0.05, 0) is 0 Å². The van der Waals surface area contributed by atoms with Gasteiger partial charge in [0.2, 0.25) is 5.56 Å². The molecule has 0 atom stereocenters. The van der Waals surface area contributed by atoms with Crippen molar-refractivity contribution in [2.75, 3.05) is 0 Å². The molecule has 1 N–H and O–H groups in total. The summed E-state index contributed by atoms with van der Waals surface area (Å²) in [4.78, 5) is 22.0. The van der Waals surface area contributed by atoms with E-state index in [1.165, 1.54) is 0 Å².